The summed E-state index contributed by atoms with van der Waals surface area (Å²) in [6.07, 6.45) is 1.86. The molecule has 0 aliphatic rings. The minimum Gasteiger partial charge on any atom is -0.497 e. The van der Waals surface area contributed by atoms with Crippen LogP contribution >= 0.6 is 0 Å². The predicted octanol–water partition coefficient (Wildman–Crippen LogP) is 4.27. The first-order valence-electron chi connectivity index (χ1n) is 10.6. The van der Waals surface area contributed by atoms with Gasteiger partial charge < -0.3 is 15.0 Å². The van der Waals surface area contributed by atoms with E-state index < -0.39 is 6.04 Å². The molecule has 0 fully saturated rings. The molecule has 0 saturated carbocycles. The highest BCUT2D eigenvalue weighted by atomic mass is 16.5. The number of hydrogen-bond acceptors (Lipinski definition) is 3. The molecule has 2 aromatic carbocycles. The number of carbonyl (C=O) groups is 2. The lowest BCUT2D eigenvalue weighted by molar-refractivity contribution is -0.140. The Hall–Kier alpha value is -2.82. The number of nitrogens with one attached hydrogen (secondary N) is 1. The van der Waals surface area contributed by atoms with Gasteiger partial charge in [-0.2, -0.15) is 0 Å². The van der Waals surface area contributed by atoms with Gasteiger partial charge in [0.05, 0.1) is 7.11 Å². The number of amides is 2. The molecule has 5 nitrogen and oxygen atoms in total. The Kier molecular flexibility index (Phi) is 8.90. The topological polar surface area (TPSA) is 58.6 Å². The van der Waals surface area contributed by atoms with Gasteiger partial charge in [0.2, 0.25) is 11.8 Å². The molecule has 2 amide bonds. The number of rotatable bonds is 10. The summed E-state index contributed by atoms with van der Waals surface area (Å²) in [5.74, 6) is 0.610. The molecule has 0 saturated heterocycles. The maximum absolute atomic E-state index is 13.1. The van der Waals surface area contributed by atoms with Crippen LogP contribution in [-0.2, 0) is 22.6 Å². The van der Waals surface area contributed by atoms with Crippen LogP contribution in [0.3, 0.4) is 0 Å². The fourth-order valence-electron chi connectivity index (χ4n) is 3.13. The zero-order valence-electron chi connectivity index (χ0n) is 18.8. The smallest absolute Gasteiger partial charge is 0.242 e. The lowest BCUT2D eigenvalue weighted by atomic mass is 10.1. The second kappa shape index (κ2) is 11.4. The summed E-state index contributed by atoms with van der Waals surface area (Å²) in [4.78, 5) is 27.5. The van der Waals surface area contributed by atoms with Gasteiger partial charge in [-0.15, -0.1) is 0 Å². The first-order chi connectivity index (χ1) is 14.3. The predicted molar refractivity (Wildman–Crippen MR) is 120 cm³/mol. The molecule has 0 spiro atoms. The lowest BCUT2D eigenvalue weighted by Crippen LogP contribution is -2.49. The molecule has 2 rings (SSSR count). The Bertz CT molecular complexity index is 815. The standard InChI is InChI=1S/C25H34N2O3/c1-6-19(3)26-25(29)20(4)27(17-22-11-14-23(30-5)15-12-22)24(28)16-13-21-9-7-18(2)8-10-21/h7-12,14-15,19-20H,6,13,16-17H2,1-5H3,(H,26,29)/t19-,20-/m0/s1. The molecule has 0 unspecified atom stereocenters. The molecule has 0 aliphatic carbocycles. The Morgan fingerprint density at radius 1 is 1.00 bits per heavy atom. The summed E-state index contributed by atoms with van der Waals surface area (Å²) < 4.78 is 5.21. The van der Waals surface area contributed by atoms with E-state index in [4.69, 9.17) is 4.74 Å². The van der Waals surface area contributed by atoms with Gasteiger partial charge in [0.25, 0.3) is 0 Å². The van der Waals surface area contributed by atoms with E-state index in [-0.39, 0.29) is 17.9 Å². The van der Waals surface area contributed by atoms with Crippen LogP contribution in [-0.4, -0.2) is 35.9 Å². The Labute approximate surface area is 180 Å². The number of hydrogen-bond donors (Lipinski definition) is 1. The molecule has 0 aliphatic heterocycles. The molecule has 30 heavy (non-hydrogen) atoms. The van der Waals surface area contributed by atoms with Gasteiger partial charge in [0.15, 0.2) is 0 Å². The fraction of sp³-hybridized carbons (Fsp3) is 0.440. The zero-order valence-corrected chi connectivity index (χ0v) is 18.8. The van der Waals surface area contributed by atoms with Gasteiger partial charge in [-0.05, 0) is 56.9 Å². The molecule has 0 heterocycles. The van der Waals surface area contributed by atoms with Crippen molar-refractivity contribution in [1.82, 2.24) is 10.2 Å². The van der Waals surface area contributed by atoms with Crippen molar-refractivity contribution in [3.63, 3.8) is 0 Å². The number of carbonyl (C=O) groups excluding carboxylic acids is 2. The third kappa shape index (κ3) is 6.90. The minimum atomic E-state index is -0.549. The highest BCUT2D eigenvalue weighted by molar-refractivity contribution is 5.87. The van der Waals surface area contributed by atoms with Crippen LogP contribution in [0.1, 0.15) is 50.3 Å². The van der Waals surface area contributed by atoms with E-state index >= 15 is 0 Å². The van der Waals surface area contributed by atoms with Crippen LogP contribution < -0.4 is 10.1 Å². The molecule has 0 radical (unpaired) electrons. The summed E-state index contributed by atoms with van der Waals surface area (Å²) in [6, 6.07) is 15.3. The van der Waals surface area contributed by atoms with Gasteiger partial charge in [-0.1, -0.05) is 48.9 Å². The van der Waals surface area contributed by atoms with Crippen molar-refractivity contribution in [1.29, 1.82) is 0 Å². The van der Waals surface area contributed by atoms with E-state index in [9.17, 15) is 9.59 Å². The van der Waals surface area contributed by atoms with Crippen molar-refractivity contribution in [2.24, 2.45) is 0 Å². The highest BCUT2D eigenvalue weighted by Crippen LogP contribution is 2.16. The van der Waals surface area contributed by atoms with Crippen molar-refractivity contribution in [3.8, 4) is 5.75 Å². The molecule has 2 atom stereocenters. The van der Waals surface area contributed by atoms with Gasteiger partial charge in [-0.25, -0.2) is 0 Å². The van der Waals surface area contributed by atoms with Crippen LogP contribution in [0.5, 0.6) is 5.75 Å². The van der Waals surface area contributed by atoms with Crippen molar-refractivity contribution >= 4 is 11.8 Å². The molecule has 1 N–H and O–H groups in total. The average Bonchev–Trinajstić information content (AvgIpc) is 2.76. The van der Waals surface area contributed by atoms with Crippen molar-refractivity contribution in [3.05, 3.63) is 65.2 Å². The van der Waals surface area contributed by atoms with E-state index in [1.54, 1.807) is 18.9 Å². The van der Waals surface area contributed by atoms with Gasteiger partial charge in [0.1, 0.15) is 11.8 Å². The minimum absolute atomic E-state index is 0.0294. The first kappa shape index (κ1) is 23.5. The number of ether oxygens (including phenoxy) is 1. The molecule has 2 aromatic rings. The van der Waals surface area contributed by atoms with E-state index in [2.05, 4.69) is 29.6 Å². The van der Waals surface area contributed by atoms with Gasteiger partial charge in [-0.3, -0.25) is 9.59 Å². The molecule has 0 bridgehead atoms. The number of methoxy groups -OCH3 is 1. The summed E-state index contributed by atoms with van der Waals surface area (Å²) in [7, 11) is 1.62. The van der Waals surface area contributed by atoms with E-state index in [1.165, 1.54) is 5.56 Å². The molecular weight excluding hydrogens is 376 g/mol. The number of benzene rings is 2. The number of nitrogens with zero attached hydrogens (tertiary/aromatic N) is 1. The fourth-order valence-corrected chi connectivity index (χ4v) is 3.13. The van der Waals surface area contributed by atoms with E-state index in [0.29, 0.717) is 19.4 Å². The van der Waals surface area contributed by atoms with Crippen molar-refractivity contribution in [2.75, 3.05) is 7.11 Å². The third-order valence-electron chi connectivity index (χ3n) is 5.43. The summed E-state index contributed by atoms with van der Waals surface area (Å²) in [6.45, 7) is 8.22. The highest BCUT2D eigenvalue weighted by Gasteiger charge is 2.26. The van der Waals surface area contributed by atoms with Crippen molar-refractivity contribution in [2.45, 2.75) is 65.6 Å². The third-order valence-corrected chi connectivity index (χ3v) is 5.43. The maximum atomic E-state index is 13.1. The lowest BCUT2D eigenvalue weighted by Gasteiger charge is -2.30. The maximum Gasteiger partial charge on any atom is 0.242 e. The normalized spacial score (nSPS) is 12.7. The molecule has 5 heteroatoms. The largest absolute Gasteiger partial charge is 0.497 e. The van der Waals surface area contributed by atoms with E-state index in [0.717, 1.165) is 23.3 Å². The summed E-state index contributed by atoms with van der Waals surface area (Å²) in [5, 5.41) is 3.00. The Balaban J connectivity index is 2.14. The van der Waals surface area contributed by atoms with Crippen LogP contribution in [0.4, 0.5) is 0 Å². The second-order valence-corrected chi connectivity index (χ2v) is 7.85. The van der Waals surface area contributed by atoms with Crippen LogP contribution in [0.2, 0.25) is 0 Å². The van der Waals surface area contributed by atoms with E-state index in [1.807, 2.05) is 45.0 Å². The Morgan fingerprint density at radius 2 is 1.60 bits per heavy atom. The monoisotopic (exact) mass is 410 g/mol. The molecule has 0 aromatic heterocycles. The van der Waals surface area contributed by atoms with Crippen molar-refractivity contribution < 1.29 is 14.3 Å². The Morgan fingerprint density at radius 3 is 2.17 bits per heavy atom. The van der Waals surface area contributed by atoms with Gasteiger partial charge >= 0.3 is 0 Å². The van der Waals surface area contributed by atoms with Crippen LogP contribution in [0.15, 0.2) is 48.5 Å². The number of aryl methyl sites for hydroxylation is 2. The summed E-state index contributed by atoms with van der Waals surface area (Å²) in [5.41, 5.74) is 3.28. The van der Waals surface area contributed by atoms with Gasteiger partial charge in [0, 0.05) is 19.0 Å². The SMILES string of the molecule is CC[C@H](C)NC(=O)[C@H](C)N(Cc1ccc(OC)cc1)C(=O)CCc1ccc(C)cc1. The first-order valence-corrected chi connectivity index (χ1v) is 10.6. The zero-order chi connectivity index (χ0) is 22.1. The van der Waals surface area contributed by atoms with Crippen LogP contribution in [0.25, 0.3) is 0 Å². The summed E-state index contributed by atoms with van der Waals surface area (Å²) >= 11 is 0. The quantitative estimate of drug-likeness (QED) is 0.636. The molecule has 162 valence electrons. The van der Waals surface area contributed by atoms with Crippen LogP contribution in [0, 0.1) is 6.92 Å². The average molecular weight is 411 g/mol. The molecular formula is C25H34N2O3. The second-order valence-electron chi connectivity index (χ2n) is 7.85.